The van der Waals surface area contributed by atoms with Crippen molar-refractivity contribution in [1.82, 2.24) is 15.5 Å². The first kappa shape index (κ1) is 22.0. The van der Waals surface area contributed by atoms with Gasteiger partial charge >= 0.3 is 0 Å². The number of benzene rings is 1. The predicted molar refractivity (Wildman–Crippen MR) is 116 cm³/mol. The van der Waals surface area contributed by atoms with Gasteiger partial charge in [-0.1, -0.05) is 25.5 Å². The van der Waals surface area contributed by atoms with Crippen molar-refractivity contribution in [3.8, 4) is 5.75 Å². The highest BCUT2D eigenvalue weighted by Crippen LogP contribution is 2.15. The number of rotatable bonds is 7. The number of hydrogen-bond acceptors (Lipinski definition) is 3. The Morgan fingerprint density at radius 3 is 2.64 bits per heavy atom. The van der Waals surface area contributed by atoms with Crippen LogP contribution >= 0.6 is 24.0 Å². The van der Waals surface area contributed by atoms with E-state index < -0.39 is 0 Å². The summed E-state index contributed by atoms with van der Waals surface area (Å²) in [6.45, 7) is 6.45. The number of hydrogen-bond donors (Lipinski definition) is 2. The maximum absolute atomic E-state index is 5.19. The minimum absolute atomic E-state index is 0. The van der Waals surface area contributed by atoms with E-state index >= 15 is 0 Å². The number of likely N-dealkylation sites (tertiary alicyclic amines) is 1. The first-order valence-electron chi connectivity index (χ1n) is 9.08. The van der Waals surface area contributed by atoms with Gasteiger partial charge in [-0.25, -0.2) is 0 Å². The number of piperidine rings is 1. The fourth-order valence-corrected chi connectivity index (χ4v) is 3.26. The van der Waals surface area contributed by atoms with Crippen LogP contribution in [0.25, 0.3) is 0 Å². The standard InChI is InChI=1S/C19H32N4O.HI/c1-4-23-14-6-5-7-17(23)15-22-19(20-2)21-13-12-16-8-10-18(24-3)11-9-16;/h8-11,17H,4-7,12-15H2,1-3H3,(H2,20,21,22);1H. The van der Waals surface area contributed by atoms with Crippen LogP contribution in [0.4, 0.5) is 0 Å². The highest BCUT2D eigenvalue weighted by Gasteiger charge is 2.20. The first-order valence-corrected chi connectivity index (χ1v) is 9.08. The molecule has 1 saturated heterocycles. The van der Waals surface area contributed by atoms with Gasteiger partial charge in [-0.3, -0.25) is 9.89 Å². The molecule has 1 aliphatic heterocycles. The molecule has 2 N–H and O–H groups in total. The summed E-state index contributed by atoms with van der Waals surface area (Å²) in [4.78, 5) is 6.91. The molecule has 0 saturated carbocycles. The Morgan fingerprint density at radius 2 is 2.00 bits per heavy atom. The molecule has 1 aromatic rings. The molecular weight excluding hydrogens is 427 g/mol. The predicted octanol–water partition coefficient (Wildman–Crippen LogP) is 2.90. The minimum atomic E-state index is 0. The molecule has 1 fully saturated rings. The lowest BCUT2D eigenvalue weighted by Crippen LogP contribution is -2.49. The number of nitrogens with zero attached hydrogens (tertiary/aromatic N) is 2. The minimum Gasteiger partial charge on any atom is -0.497 e. The summed E-state index contributed by atoms with van der Waals surface area (Å²) in [5.41, 5.74) is 1.29. The zero-order valence-electron chi connectivity index (χ0n) is 15.8. The highest BCUT2D eigenvalue weighted by molar-refractivity contribution is 14.0. The van der Waals surface area contributed by atoms with E-state index in [1.54, 1.807) is 7.11 Å². The van der Waals surface area contributed by atoms with Crippen molar-refractivity contribution in [1.29, 1.82) is 0 Å². The molecule has 0 amide bonds. The van der Waals surface area contributed by atoms with Gasteiger partial charge in [0, 0.05) is 26.2 Å². The van der Waals surface area contributed by atoms with E-state index in [1.807, 2.05) is 19.2 Å². The van der Waals surface area contributed by atoms with Crippen molar-refractivity contribution in [3.05, 3.63) is 29.8 Å². The van der Waals surface area contributed by atoms with E-state index in [4.69, 9.17) is 4.74 Å². The molecule has 5 nitrogen and oxygen atoms in total. The molecule has 1 heterocycles. The van der Waals surface area contributed by atoms with Crippen molar-refractivity contribution in [2.75, 3.05) is 40.3 Å². The molecule has 2 rings (SSSR count). The molecule has 0 spiro atoms. The normalized spacial score (nSPS) is 18.4. The number of likely N-dealkylation sites (N-methyl/N-ethyl adjacent to an activating group) is 1. The molecule has 1 atom stereocenters. The largest absolute Gasteiger partial charge is 0.497 e. The van der Waals surface area contributed by atoms with Gasteiger partial charge in [0.25, 0.3) is 0 Å². The molecule has 1 aliphatic rings. The van der Waals surface area contributed by atoms with Gasteiger partial charge in [-0.05, 0) is 50.0 Å². The monoisotopic (exact) mass is 460 g/mol. The van der Waals surface area contributed by atoms with E-state index in [-0.39, 0.29) is 24.0 Å². The van der Waals surface area contributed by atoms with Crippen LogP contribution in [0.1, 0.15) is 31.7 Å². The van der Waals surface area contributed by atoms with Gasteiger partial charge in [0.1, 0.15) is 5.75 Å². The third-order valence-corrected chi connectivity index (χ3v) is 4.75. The number of guanidine groups is 1. The van der Waals surface area contributed by atoms with Crippen LogP contribution in [0, 0.1) is 0 Å². The molecule has 1 unspecified atom stereocenters. The highest BCUT2D eigenvalue weighted by atomic mass is 127. The second-order valence-electron chi connectivity index (χ2n) is 6.26. The second-order valence-corrected chi connectivity index (χ2v) is 6.26. The Balaban J connectivity index is 0.00000312. The lowest BCUT2D eigenvalue weighted by Gasteiger charge is -2.35. The molecular formula is C19H33IN4O. The number of nitrogens with one attached hydrogen (secondary N) is 2. The summed E-state index contributed by atoms with van der Waals surface area (Å²) in [6, 6.07) is 8.86. The van der Waals surface area contributed by atoms with Crippen molar-refractivity contribution in [2.45, 2.75) is 38.6 Å². The summed E-state index contributed by atoms with van der Waals surface area (Å²) in [7, 11) is 3.53. The van der Waals surface area contributed by atoms with Crippen LogP contribution in [-0.2, 0) is 6.42 Å². The molecule has 0 aliphatic carbocycles. The summed E-state index contributed by atoms with van der Waals surface area (Å²) in [5.74, 6) is 1.79. The third kappa shape index (κ3) is 7.40. The lowest BCUT2D eigenvalue weighted by atomic mass is 10.0. The summed E-state index contributed by atoms with van der Waals surface area (Å²) < 4.78 is 5.19. The van der Waals surface area contributed by atoms with E-state index in [1.165, 1.54) is 31.4 Å². The summed E-state index contributed by atoms with van der Waals surface area (Å²) >= 11 is 0. The maximum atomic E-state index is 5.19. The Bertz CT molecular complexity index is 507. The average Bonchev–Trinajstić information content (AvgIpc) is 2.65. The Morgan fingerprint density at radius 1 is 1.24 bits per heavy atom. The smallest absolute Gasteiger partial charge is 0.191 e. The van der Waals surface area contributed by atoms with E-state index in [0.717, 1.165) is 37.8 Å². The zero-order valence-corrected chi connectivity index (χ0v) is 18.1. The molecule has 25 heavy (non-hydrogen) atoms. The average molecular weight is 460 g/mol. The lowest BCUT2D eigenvalue weighted by molar-refractivity contribution is 0.157. The van der Waals surface area contributed by atoms with E-state index in [9.17, 15) is 0 Å². The Hall–Kier alpha value is -1.02. The fraction of sp³-hybridized carbons (Fsp3) is 0.632. The second kappa shape index (κ2) is 12.4. The SMILES string of the molecule is CCN1CCCCC1CNC(=NC)NCCc1ccc(OC)cc1.I. The molecule has 6 heteroatoms. The Kier molecular flexibility index (Phi) is 10.9. The van der Waals surface area contributed by atoms with Gasteiger partial charge in [0.15, 0.2) is 5.96 Å². The summed E-state index contributed by atoms with van der Waals surface area (Å²) in [6.07, 6.45) is 4.92. The van der Waals surface area contributed by atoms with Gasteiger partial charge in [-0.15, -0.1) is 24.0 Å². The van der Waals surface area contributed by atoms with Gasteiger partial charge in [-0.2, -0.15) is 0 Å². The Labute approximate surface area is 169 Å². The maximum Gasteiger partial charge on any atom is 0.191 e. The van der Waals surface area contributed by atoms with E-state index in [2.05, 4.69) is 39.6 Å². The number of methoxy groups -OCH3 is 1. The van der Waals surface area contributed by atoms with Crippen LogP contribution in [0.3, 0.4) is 0 Å². The van der Waals surface area contributed by atoms with Crippen LogP contribution in [0.15, 0.2) is 29.3 Å². The van der Waals surface area contributed by atoms with Crippen LogP contribution in [-0.4, -0.2) is 57.2 Å². The molecule has 0 aromatic heterocycles. The molecule has 0 radical (unpaired) electrons. The first-order chi connectivity index (χ1) is 11.8. The number of halogens is 1. The van der Waals surface area contributed by atoms with Crippen LogP contribution in [0.5, 0.6) is 5.75 Å². The fourth-order valence-electron chi connectivity index (χ4n) is 3.26. The van der Waals surface area contributed by atoms with Gasteiger partial charge in [0.05, 0.1) is 7.11 Å². The van der Waals surface area contributed by atoms with Gasteiger partial charge < -0.3 is 15.4 Å². The zero-order chi connectivity index (χ0) is 17.2. The quantitative estimate of drug-likeness (QED) is 0.373. The number of ether oxygens (including phenoxy) is 1. The molecule has 0 bridgehead atoms. The molecule has 1 aromatic carbocycles. The topological polar surface area (TPSA) is 48.9 Å². The van der Waals surface area contributed by atoms with E-state index in [0.29, 0.717) is 6.04 Å². The molecule has 142 valence electrons. The van der Waals surface area contributed by atoms with Crippen molar-refractivity contribution in [2.24, 2.45) is 4.99 Å². The van der Waals surface area contributed by atoms with Crippen molar-refractivity contribution in [3.63, 3.8) is 0 Å². The third-order valence-electron chi connectivity index (χ3n) is 4.75. The van der Waals surface area contributed by atoms with Crippen LogP contribution in [0.2, 0.25) is 0 Å². The number of aliphatic imine (C=N–C) groups is 1. The van der Waals surface area contributed by atoms with Crippen molar-refractivity contribution >= 4 is 29.9 Å². The van der Waals surface area contributed by atoms with Gasteiger partial charge in [0.2, 0.25) is 0 Å². The van der Waals surface area contributed by atoms with Crippen LogP contribution < -0.4 is 15.4 Å². The summed E-state index contributed by atoms with van der Waals surface area (Å²) in [5, 5.41) is 6.89. The van der Waals surface area contributed by atoms with Crippen molar-refractivity contribution < 1.29 is 4.74 Å².